The number of hydrogen-bond donors (Lipinski definition) is 1. The quantitative estimate of drug-likeness (QED) is 0.794. The Morgan fingerprint density at radius 3 is 2.00 bits per heavy atom. The van der Waals surface area contributed by atoms with Gasteiger partial charge in [0.25, 0.3) is 0 Å². The topological polar surface area (TPSA) is 49.4 Å². The molecule has 0 saturated carbocycles. The van der Waals surface area contributed by atoms with Gasteiger partial charge in [-0.05, 0) is 12.3 Å². The van der Waals surface area contributed by atoms with Crippen LogP contribution in [0.3, 0.4) is 0 Å². The lowest BCUT2D eigenvalue weighted by atomic mass is 9.86. The zero-order valence-corrected chi connectivity index (χ0v) is 13.1. The first-order valence-electron chi connectivity index (χ1n) is 6.20. The Morgan fingerprint density at radius 1 is 1.24 bits per heavy atom. The molecule has 0 rings (SSSR count). The van der Waals surface area contributed by atoms with Gasteiger partial charge in [-0.2, -0.15) is 0 Å². The standard InChI is InChI=1S/C12H28N2O2S/c1-8-17(15,16)14(7)9-11(12(4,5)6)13-10(2)3/h10-11,13H,8-9H2,1-7H3/t11-/m1/s1. The van der Waals surface area contributed by atoms with Crippen molar-refractivity contribution in [1.29, 1.82) is 0 Å². The molecule has 104 valence electrons. The number of hydrogen-bond acceptors (Lipinski definition) is 3. The van der Waals surface area contributed by atoms with Gasteiger partial charge in [-0.3, -0.25) is 0 Å². The Labute approximate surface area is 107 Å². The van der Waals surface area contributed by atoms with Gasteiger partial charge in [0, 0.05) is 25.7 Å². The Kier molecular flexibility index (Phi) is 6.11. The van der Waals surface area contributed by atoms with E-state index >= 15 is 0 Å². The van der Waals surface area contributed by atoms with Crippen LogP contribution in [-0.4, -0.2) is 44.2 Å². The van der Waals surface area contributed by atoms with Crippen LogP contribution in [0.2, 0.25) is 0 Å². The lowest BCUT2D eigenvalue weighted by Gasteiger charge is -2.35. The van der Waals surface area contributed by atoms with Gasteiger partial charge in [0.15, 0.2) is 0 Å². The molecule has 0 spiro atoms. The molecule has 5 heteroatoms. The van der Waals surface area contributed by atoms with Crippen LogP contribution in [0.5, 0.6) is 0 Å². The lowest BCUT2D eigenvalue weighted by molar-refractivity contribution is 0.223. The second-order valence-corrected chi connectivity index (χ2v) is 8.29. The molecule has 0 aromatic carbocycles. The van der Waals surface area contributed by atoms with Gasteiger partial charge in [-0.15, -0.1) is 0 Å². The monoisotopic (exact) mass is 264 g/mol. The van der Waals surface area contributed by atoms with E-state index in [9.17, 15) is 8.42 Å². The highest BCUT2D eigenvalue weighted by atomic mass is 32.2. The summed E-state index contributed by atoms with van der Waals surface area (Å²) in [6.07, 6.45) is 0. The summed E-state index contributed by atoms with van der Waals surface area (Å²) in [7, 11) is -1.44. The van der Waals surface area contributed by atoms with Crippen molar-refractivity contribution < 1.29 is 8.42 Å². The van der Waals surface area contributed by atoms with Crippen LogP contribution in [0, 0.1) is 5.41 Å². The third-order valence-corrected chi connectivity index (χ3v) is 4.69. The number of likely N-dealkylation sites (N-methyl/N-ethyl adjacent to an activating group) is 1. The fraction of sp³-hybridized carbons (Fsp3) is 1.00. The third-order valence-electron chi connectivity index (χ3n) is 2.86. The molecule has 1 atom stereocenters. The molecule has 0 fully saturated rings. The average Bonchev–Trinajstić information content (AvgIpc) is 2.14. The Bertz CT molecular complexity index is 318. The minimum atomic E-state index is -3.10. The maximum atomic E-state index is 11.7. The number of nitrogens with one attached hydrogen (secondary N) is 1. The maximum Gasteiger partial charge on any atom is 0.213 e. The number of nitrogens with zero attached hydrogens (tertiary/aromatic N) is 1. The second-order valence-electron chi connectivity index (χ2n) is 5.92. The molecule has 0 aliphatic heterocycles. The lowest BCUT2D eigenvalue weighted by Crippen LogP contribution is -2.51. The predicted octanol–water partition coefficient (Wildman–Crippen LogP) is 1.68. The average molecular weight is 264 g/mol. The van der Waals surface area contributed by atoms with Gasteiger partial charge < -0.3 is 5.32 Å². The highest BCUT2D eigenvalue weighted by Crippen LogP contribution is 2.21. The molecule has 0 aromatic rings. The summed E-state index contributed by atoms with van der Waals surface area (Å²) in [6, 6.07) is 0.491. The summed E-state index contributed by atoms with van der Waals surface area (Å²) < 4.78 is 24.9. The fourth-order valence-electron chi connectivity index (χ4n) is 1.57. The smallest absolute Gasteiger partial charge is 0.213 e. The molecule has 1 N–H and O–H groups in total. The highest BCUT2D eigenvalue weighted by molar-refractivity contribution is 7.89. The summed E-state index contributed by atoms with van der Waals surface area (Å²) in [4.78, 5) is 0. The molecule has 0 heterocycles. The fourth-order valence-corrected chi connectivity index (χ4v) is 2.39. The largest absolute Gasteiger partial charge is 0.310 e. The number of sulfonamides is 1. The summed E-state index contributed by atoms with van der Waals surface area (Å²) in [5.74, 6) is 0.155. The van der Waals surface area contributed by atoms with Gasteiger partial charge in [0.1, 0.15) is 0 Å². The summed E-state index contributed by atoms with van der Waals surface area (Å²) in [5.41, 5.74) is 0.0296. The summed E-state index contributed by atoms with van der Waals surface area (Å²) in [6.45, 7) is 12.7. The van der Waals surface area contributed by atoms with E-state index in [-0.39, 0.29) is 17.2 Å². The molecule has 0 radical (unpaired) electrons. The SMILES string of the molecule is CCS(=O)(=O)N(C)C[C@@H](NC(C)C)C(C)(C)C. The summed E-state index contributed by atoms with van der Waals surface area (Å²) in [5, 5.41) is 3.44. The molecular formula is C12H28N2O2S. The molecular weight excluding hydrogens is 236 g/mol. The van der Waals surface area contributed by atoms with Crippen LogP contribution in [0.25, 0.3) is 0 Å². The molecule has 0 aliphatic carbocycles. The molecule has 0 unspecified atom stereocenters. The minimum absolute atomic E-state index is 0.0296. The molecule has 0 saturated heterocycles. The highest BCUT2D eigenvalue weighted by Gasteiger charge is 2.29. The first kappa shape index (κ1) is 16.9. The van der Waals surface area contributed by atoms with E-state index in [2.05, 4.69) is 39.9 Å². The van der Waals surface area contributed by atoms with Crippen LogP contribution in [-0.2, 0) is 10.0 Å². The molecule has 0 aliphatic rings. The Morgan fingerprint density at radius 2 is 1.71 bits per heavy atom. The van der Waals surface area contributed by atoms with Crippen molar-refractivity contribution in [1.82, 2.24) is 9.62 Å². The zero-order valence-electron chi connectivity index (χ0n) is 12.2. The predicted molar refractivity (Wildman–Crippen MR) is 73.6 cm³/mol. The minimum Gasteiger partial charge on any atom is -0.310 e. The van der Waals surface area contributed by atoms with Crippen molar-refractivity contribution in [2.45, 2.75) is 53.6 Å². The van der Waals surface area contributed by atoms with Gasteiger partial charge >= 0.3 is 0 Å². The van der Waals surface area contributed by atoms with Crippen LogP contribution in [0.4, 0.5) is 0 Å². The first-order valence-corrected chi connectivity index (χ1v) is 7.81. The Hall–Kier alpha value is -0.130. The maximum absolute atomic E-state index is 11.7. The zero-order chi connectivity index (χ0) is 13.9. The van der Waals surface area contributed by atoms with E-state index in [1.54, 1.807) is 14.0 Å². The molecule has 0 bridgehead atoms. The van der Waals surface area contributed by atoms with Crippen molar-refractivity contribution in [2.75, 3.05) is 19.3 Å². The van der Waals surface area contributed by atoms with E-state index in [1.807, 2.05) is 0 Å². The van der Waals surface area contributed by atoms with Gasteiger partial charge in [-0.1, -0.05) is 34.6 Å². The normalized spacial score (nSPS) is 15.6. The van der Waals surface area contributed by atoms with E-state index in [0.717, 1.165) is 0 Å². The van der Waals surface area contributed by atoms with Crippen molar-refractivity contribution in [3.05, 3.63) is 0 Å². The summed E-state index contributed by atoms with van der Waals surface area (Å²) >= 11 is 0. The van der Waals surface area contributed by atoms with Crippen LogP contribution in [0.15, 0.2) is 0 Å². The Balaban J connectivity index is 4.77. The first-order chi connectivity index (χ1) is 7.50. The van der Waals surface area contributed by atoms with Crippen molar-refractivity contribution in [2.24, 2.45) is 5.41 Å². The van der Waals surface area contributed by atoms with Crippen molar-refractivity contribution in [3.63, 3.8) is 0 Å². The molecule has 17 heavy (non-hydrogen) atoms. The van der Waals surface area contributed by atoms with Gasteiger partial charge in [0.05, 0.1) is 5.75 Å². The van der Waals surface area contributed by atoms with E-state index < -0.39 is 10.0 Å². The van der Waals surface area contributed by atoms with Gasteiger partial charge in [0.2, 0.25) is 10.0 Å². The molecule has 0 amide bonds. The second kappa shape index (κ2) is 6.16. The van der Waals surface area contributed by atoms with Crippen molar-refractivity contribution >= 4 is 10.0 Å². The van der Waals surface area contributed by atoms with Crippen molar-refractivity contribution in [3.8, 4) is 0 Å². The number of rotatable bonds is 6. The van der Waals surface area contributed by atoms with Gasteiger partial charge in [-0.25, -0.2) is 12.7 Å². The molecule has 4 nitrogen and oxygen atoms in total. The van der Waals surface area contributed by atoms with E-state index in [0.29, 0.717) is 12.6 Å². The van der Waals surface area contributed by atoms with Crippen LogP contribution >= 0.6 is 0 Å². The van der Waals surface area contributed by atoms with E-state index in [1.165, 1.54) is 4.31 Å². The van der Waals surface area contributed by atoms with E-state index in [4.69, 9.17) is 0 Å². The van der Waals surface area contributed by atoms with Crippen LogP contribution in [0.1, 0.15) is 41.5 Å². The third kappa shape index (κ3) is 5.84. The van der Waals surface area contributed by atoms with Crippen LogP contribution < -0.4 is 5.32 Å². The molecule has 0 aromatic heterocycles.